The molecular weight excluding hydrogens is 258 g/mol. The van der Waals surface area contributed by atoms with E-state index in [1.807, 2.05) is 44.4 Å². The molecule has 0 fully saturated rings. The van der Waals surface area contributed by atoms with Crippen molar-refractivity contribution in [2.75, 3.05) is 12.4 Å². The number of thiophene rings is 1. The van der Waals surface area contributed by atoms with Gasteiger partial charge in [-0.15, -0.1) is 11.3 Å². The normalized spacial score (nSPS) is 10.3. The van der Waals surface area contributed by atoms with Gasteiger partial charge in [0, 0.05) is 10.3 Å². The Morgan fingerprint density at radius 1 is 1.26 bits per heavy atom. The van der Waals surface area contributed by atoms with Crippen LogP contribution >= 0.6 is 11.3 Å². The third-order valence-electron chi connectivity index (χ3n) is 3.13. The molecule has 1 aromatic carbocycles. The number of hydrogen-bond acceptors (Lipinski definition) is 3. The summed E-state index contributed by atoms with van der Waals surface area (Å²) in [6.45, 7) is 5.97. The molecule has 4 heteroatoms. The number of methoxy groups -OCH3 is 1. The van der Waals surface area contributed by atoms with Gasteiger partial charge < -0.3 is 10.1 Å². The lowest BCUT2D eigenvalue weighted by Gasteiger charge is -2.11. The van der Waals surface area contributed by atoms with Gasteiger partial charge in [0.1, 0.15) is 5.75 Å². The van der Waals surface area contributed by atoms with Crippen molar-refractivity contribution in [1.29, 1.82) is 0 Å². The number of carbonyl (C=O) groups excluding carboxylic acids is 1. The van der Waals surface area contributed by atoms with E-state index in [2.05, 4.69) is 5.32 Å². The van der Waals surface area contributed by atoms with Crippen LogP contribution in [0, 0.1) is 20.8 Å². The van der Waals surface area contributed by atoms with Crippen molar-refractivity contribution in [2.45, 2.75) is 20.8 Å². The predicted molar refractivity (Wildman–Crippen MR) is 79.5 cm³/mol. The van der Waals surface area contributed by atoms with Crippen molar-refractivity contribution in [3.05, 3.63) is 45.1 Å². The molecule has 0 atom stereocenters. The van der Waals surface area contributed by atoms with Crippen molar-refractivity contribution < 1.29 is 9.53 Å². The van der Waals surface area contributed by atoms with Crippen molar-refractivity contribution in [2.24, 2.45) is 0 Å². The number of anilines is 1. The molecule has 0 spiro atoms. The van der Waals surface area contributed by atoms with Gasteiger partial charge in [-0.1, -0.05) is 6.07 Å². The molecule has 3 nitrogen and oxygen atoms in total. The molecule has 0 bridgehead atoms. The maximum Gasteiger partial charge on any atom is 0.256 e. The summed E-state index contributed by atoms with van der Waals surface area (Å²) in [5.74, 6) is 0.578. The van der Waals surface area contributed by atoms with E-state index >= 15 is 0 Å². The average Bonchev–Trinajstić information content (AvgIpc) is 2.70. The first-order valence-corrected chi connectivity index (χ1v) is 6.91. The zero-order valence-electron chi connectivity index (χ0n) is 11.5. The molecule has 0 aliphatic carbocycles. The number of hydrogen-bond donors (Lipinski definition) is 1. The Morgan fingerprint density at radius 3 is 2.58 bits per heavy atom. The molecular formula is C15H17NO2S. The molecule has 1 aromatic heterocycles. The number of ether oxygens (including phenoxy) is 1. The van der Waals surface area contributed by atoms with E-state index in [0.29, 0.717) is 11.4 Å². The summed E-state index contributed by atoms with van der Waals surface area (Å²) in [5.41, 5.74) is 3.55. The zero-order chi connectivity index (χ0) is 14.0. The summed E-state index contributed by atoms with van der Waals surface area (Å²) in [5, 5.41) is 4.81. The molecule has 1 amide bonds. The number of benzene rings is 1. The highest BCUT2D eigenvalue weighted by atomic mass is 32.1. The van der Waals surface area contributed by atoms with E-state index in [4.69, 9.17) is 4.74 Å². The van der Waals surface area contributed by atoms with Crippen LogP contribution in [0.25, 0.3) is 0 Å². The Morgan fingerprint density at radius 2 is 2.00 bits per heavy atom. The summed E-state index contributed by atoms with van der Waals surface area (Å²) in [7, 11) is 1.60. The lowest BCUT2D eigenvalue weighted by molar-refractivity contribution is 0.102. The predicted octanol–water partition coefficient (Wildman–Crippen LogP) is 3.93. The lowest BCUT2D eigenvalue weighted by Crippen LogP contribution is -2.13. The van der Waals surface area contributed by atoms with Crippen LogP contribution in [-0.4, -0.2) is 13.0 Å². The number of amides is 1. The second-order valence-corrected chi connectivity index (χ2v) is 5.57. The van der Waals surface area contributed by atoms with Crippen LogP contribution in [-0.2, 0) is 0 Å². The van der Waals surface area contributed by atoms with Gasteiger partial charge >= 0.3 is 0 Å². The largest absolute Gasteiger partial charge is 0.495 e. The molecule has 0 unspecified atom stereocenters. The van der Waals surface area contributed by atoms with E-state index in [-0.39, 0.29) is 5.91 Å². The van der Waals surface area contributed by atoms with Crippen LogP contribution in [0.2, 0.25) is 0 Å². The minimum absolute atomic E-state index is 0.0919. The second-order valence-electron chi connectivity index (χ2n) is 4.49. The smallest absolute Gasteiger partial charge is 0.256 e. The van der Waals surface area contributed by atoms with Crippen LogP contribution < -0.4 is 10.1 Å². The molecule has 0 aliphatic rings. The summed E-state index contributed by atoms with van der Waals surface area (Å²) in [6.07, 6.45) is 0. The zero-order valence-corrected chi connectivity index (χ0v) is 12.4. The van der Waals surface area contributed by atoms with Crippen LogP contribution in [0.15, 0.2) is 23.6 Å². The molecule has 1 N–H and O–H groups in total. The van der Waals surface area contributed by atoms with Crippen molar-refractivity contribution in [1.82, 2.24) is 0 Å². The van der Waals surface area contributed by atoms with Crippen molar-refractivity contribution in [3.8, 4) is 5.75 Å². The monoisotopic (exact) mass is 275 g/mol. The molecule has 0 saturated heterocycles. The maximum atomic E-state index is 12.3. The minimum Gasteiger partial charge on any atom is -0.495 e. The summed E-state index contributed by atoms with van der Waals surface area (Å²) >= 11 is 1.59. The Labute approximate surface area is 117 Å². The molecule has 2 aromatic rings. The highest BCUT2D eigenvalue weighted by Crippen LogP contribution is 2.27. The molecule has 0 aliphatic heterocycles. The topological polar surface area (TPSA) is 38.3 Å². The van der Waals surface area contributed by atoms with Gasteiger partial charge in [0.25, 0.3) is 5.91 Å². The van der Waals surface area contributed by atoms with Gasteiger partial charge in [0.05, 0.1) is 18.4 Å². The van der Waals surface area contributed by atoms with Crippen molar-refractivity contribution in [3.63, 3.8) is 0 Å². The highest BCUT2D eigenvalue weighted by Gasteiger charge is 2.14. The summed E-state index contributed by atoms with van der Waals surface area (Å²) < 4.78 is 5.26. The molecule has 0 radical (unpaired) electrons. The minimum atomic E-state index is -0.0919. The van der Waals surface area contributed by atoms with E-state index in [1.54, 1.807) is 18.4 Å². The Kier molecular flexibility index (Phi) is 3.90. The van der Waals surface area contributed by atoms with Gasteiger partial charge in [0.2, 0.25) is 0 Å². The van der Waals surface area contributed by atoms with Gasteiger partial charge in [-0.2, -0.15) is 0 Å². The standard InChI is InChI=1S/C15H17NO2S/c1-9-5-6-14(18-4)13(7-9)16-15(17)12-8-19-11(3)10(12)2/h5-8H,1-4H3,(H,16,17). The number of nitrogens with one attached hydrogen (secondary N) is 1. The van der Waals surface area contributed by atoms with Gasteiger partial charge in [-0.25, -0.2) is 0 Å². The summed E-state index contributed by atoms with van der Waals surface area (Å²) in [4.78, 5) is 13.4. The molecule has 19 heavy (non-hydrogen) atoms. The first kappa shape index (κ1) is 13.6. The molecule has 1 heterocycles. The fourth-order valence-corrected chi connectivity index (χ4v) is 2.71. The Bertz CT molecular complexity index is 617. The van der Waals surface area contributed by atoms with Crippen LogP contribution in [0.4, 0.5) is 5.69 Å². The number of rotatable bonds is 3. The number of aryl methyl sites for hydroxylation is 2. The van der Waals surface area contributed by atoms with Crippen LogP contribution in [0.3, 0.4) is 0 Å². The second kappa shape index (κ2) is 5.45. The average molecular weight is 275 g/mol. The van der Waals surface area contributed by atoms with Crippen molar-refractivity contribution >= 4 is 22.9 Å². The molecule has 0 saturated carbocycles. The van der Waals surface area contributed by atoms with Crippen LogP contribution in [0.5, 0.6) is 5.75 Å². The van der Waals surface area contributed by atoms with E-state index < -0.39 is 0 Å². The van der Waals surface area contributed by atoms with Gasteiger partial charge in [0.15, 0.2) is 0 Å². The van der Waals surface area contributed by atoms with E-state index in [1.165, 1.54) is 4.88 Å². The fourth-order valence-electron chi connectivity index (χ4n) is 1.85. The van der Waals surface area contributed by atoms with Crippen LogP contribution in [0.1, 0.15) is 26.4 Å². The lowest BCUT2D eigenvalue weighted by atomic mass is 10.1. The van der Waals surface area contributed by atoms with Gasteiger partial charge in [-0.05, 0) is 44.0 Å². The maximum absolute atomic E-state index is 12.3. The van der Waals surface area contributed by atoms with E-state index in [0.717, 1.165) is 16.7 Å². The SMILES string of the molecule is COc1ccc(C)cc1NC(=O)c1csc(C)c1C. The third kappa shape index (κ3) is 2.79. The van der Waals surface area contributed by atoms with Gasteiger partial charge in [-0.3, -0.25) is 4.79 Å². The third-order valence-corrected chi connectivity index (χ3v) is 4.15. The Balaban J connectivity index is 2.28. The summed E-state index contributed by atoms with van der Waals surface area (Å²) in [6, 6.07) is 5.72. The number of carbonyl (C=O) groups is 1. The molecule has 2 rings (SSSR count). The first-order valence-electron chi connectivity index (χ1n) is 6.03. The fraction of sp³-hybridized carbons (Fsp3) is 0.267. The molecule has 100 valence electrons. The highest BCUT2D eigenvalue weighted by molar-refractivity contribution is 7.10. The quantitative estimate of drug-likeness (QED) is 0.921. The van der Waals surface area contributed by atoms with E-state index in [9.17, 15) is 4.79 Å². The first-order chi connectivity index (χ1) is 9.02. The Hall–Kier alpha value is -1.81.